The van der Waals surface area contributed by atoms with E-state index in [0.29, 0.717) is 16.9 Å². The first-order valence-corrected chi connectivity index (χ1v) is 7.65. The van der Waals surface area contributed by atoms with Crippen molar-refractivity contribution in [2.75, 3.05) is 17.1 Å². The van der Waals surface area contributed by atoms with E-state index in [0.717, 1.165) is 9.87 Å². The van der Waals surface area contributed by atoms with Crippen molar-refractivity contribution in [1.82, 2.24) is 0 Å². The van der Waals surface area contributed by atoms with Crippen LogP contribution >= 0.6 is 0 Å². The number of benzene rings is 2. The van der Waals surface area contributed by atoms with Crippen LogP contribution in [0.25, 0.3) is 0 Å². The summed E-state index contributed by atoms with van der Waals surface area (Å²) < 4.78 is 26.3. The predicted molar refractivity (Wildman–Crippen MR) is 82.3 cm³/mol. The minimum atomic E-state index is -3.68. The molecule has 0 spiro atoms. The van der Waals surface area contributed by atoms with Gasteiger partial charge in [-0.15, -0.1) is 0 Å². The molecule has 0 bridgehead atoms. The number of anilines is 2. The average Bonchev–Trinajstić information content (AvgIpc) is 2.49. The Morgan fingerprint density at radius 3 is 2.29 bits per heavy atom. The Morgan fingerprint density at radius 1 is 1.14 bits per heavy atom. The number of rotatable bonds is 3. The summed E-state index contributed by atoms with van der Waals surface area (Å²) >= 11 is 0. The normalized spacial score (nSPS) is 10.9. The van der Waals surface area contributed by atoms with Crippen LogP contribution < -0.4 is 10.0 Å². The zero-order valence-corrected chi connectivity index (χ0v) is 12.6. The van der Waals surface area contributed by atoms with Crippen LogP contribution in [0, 0.1) is 18.3 Å². The van der Waals surface area contributed by atoms with Crippen molar-refractivity contribution in [2.24, 2.45) is 0 Å². The van der Waals surface area contributed by atoms with E-state index in [1.54, 1.807) is 30.3 Å². The van der Waals surface area contributed by atoms with E-state index >= 15 is 0 Å². The third-order valence-electron chi connectivity index (χ3n) is 3.27. The number of nitriles is 1. The van der Waals surface area contributed by atoms with Gasteiger partial charge in [0.15, 0.2) is 0 Å². The first-order valence-electron chi connectivity index (χ1n) is 6.21. The summed E-state index contributed by atoms with van der Waals surface area (Å²) in [5.74, 6) is 0. The fourth-order valence-corrected chi connectivity index (χ4v) is 3.05. The Balaban J connectivity index is 2.42. The molecule has 0 aliphatic rings. The zero-order chi connectivity index (χ0) is 15.6. The molecule has 6 heteroatoms. The van der Waals surface area contributed by atoms with Crippen LogP contribution in [0.5, 0.6) is 0 Å². The highest BCUT2D eigenvalue weighted by atomic mass is 32.2. The topological polar surface area (TPSA) is 87.2 Å². The molecule has 0 radical (unpaired) electrons. The predicted octanol–water partition coefficient (Wildman–Crippen LogP) is 2.27. The van der Waals surface area contributed by atoms with Gasteiger partial charge in [0.1, 0.15) is 0 Å². The summed E-state index contributed by atoms with van der Waals surface area (Å²) in [7, 11) is -2.22. The van der Waals surface area contributed by atoms with E-state index in [9.17, 15) is 8.42 Å². The molecule has 0 saturated heterocycles. The van der Waals surface area contributed by atoms with Crippen LogP contribution in [-0.2, 0) is 10.0 Å². The first-order chi connectivity index (χ1) is 9.86. The van der Waals surface area contributed by atoms with E-state index in [4.69, 9.17) is 11.0 Å². The van der Waals surface area contributed by atoms with Gasteiger partial charge in [0.25, 0.3) is 10.0 Å². The molecule has 0 aliphatic carbocycles. The van der Waals surface area contributed by atoms with Crippen LogP contribution in [0.4, 0.5) is 11.4 Å². The second kappa shape index (κ2) is 5.46. The lowest BCUT2D eigenvalue weighted by molar-refractivity contribution is 0.594. The Hall–Kier alpha value is -2.52. The summed E-state index contributed by atoms with van der Waals surface area (Å²) in [5.41, 5.74) is 7.99. The maximum absolute atomic E-state index is 12.6. The fourth-order valence-electron chi connectivity index (χ4n) is 1.82. The Bertz CT molecular complexity index is 806. The number of nitrogens with zero attached hydrogens (tertiary/aromatic N) is 2. The highest BCUT2D eigenvalue weighted by Gasteiger charge is 2.21. The van der Waals surface area contributed by atoms with Gasteiger partial charge in [0.05, 0.1) is 22.2 Å². The van der Waals surface area contributed by atoms with Crippen LogP contribution in [0.15, 0.2) is 47.4 Å². The van der Waals surface area contributed by atoms with Gasteiger partial charge in [-0.2, -0.15) is 5.26 Å². The lowest BCUT2D eigenvalue weighted by Crippen LogP contribution is -2.26. The number of hydrogen-bond donors (Lipinski definition) is 1. The minimum Gasteiger partial charge on any atom is -0.398 e. The second-order valence-electron chi connectivity index (χ2n) is 4.65. The molecule has 0 saturated carbocycles. The molecular weight excluding hydrogens is 286 g/mol. The fraction of sp³-hybridized carbons (Fsp3) is 0.133. The van der Waals surface area contributed by atoms with Gasteiger partial charge in [-0.3, -0.25) is 4.31 Å². The largest absolute Gasteiger partial charge is 0.398 e. The van der Waals surface area contributed by atoms with E-state index in [1.807, 2.05) is 13.0 Å². The van der Waals surface area contributed by atoms with Gasteiger partial charge in [-0.1, -0.05) is 6.07 Å². The smallest absolute Gasteiger partial charge is 0.264 e. The Kier molecular flexibility index (Phi) is 3.87. The van der Waals surface area contributed by atoms with Crippen molar-refractivity contribution in [3.05, 3.63) is 53.6 Å². The monoisotopic (exact) mass is 301 g/mol. The summed E-state index contributed by atoms with van der Waals surface area (Å²) in [4.78, 5) is 0.137. The van der Waals surface area contributed by atoms with Crippen molar-refractivity contribution >= 4 is 21.4 Å². The summed E-state index contributed by atoms with van der Waals surface area (Å²) in [6, 6.07) is 13.0. The molecule has 0 atom stereocenters. The molecule has 0 aliphatic heterocycles. The Labute approximate surface area is 124 Å². The molecule has 2 aromatic rings. The van der Waals surface area contributed by atoms with Crippen molar-refractivity contribution in [3.8, 4) is 6.07 Å². The van der Waals surface area contributed by atoms with Gasteiger partial charge in [-0.25, -0.2) is 8.42 Å². The summed E-state index contributed by atoms with van der Waals surface area (Å²) in [6.45, 7) is 1.82. The molecule has 0 aromatic heterocycles. The van der Waals surface area contributed by atoms with Crippen molar-refractivity contribution in [1.29, 1.82) is 5.26 Å². The second-order valence-corrected chi connectivity index (χ2v) is 6.62. The molecule has 2 N–H and O–H groups in total. The number of sulfonamides is 1. The Morgan fingerprint density at radius 2 is 1.76 bits per heavy atom. The van der Waals surface area contributed by atoms with Gasteiger partial charge < -0.3 is 5.73 Å². The molecule has 0 unspecified atom stereocenters. The SMILES string of the molecule is Cc1ccc(S(=O)(=O)N(C)c2ccc(C#N)cc2)cc1N. The van der Waals surface area contributed by atoms with Crippen molar-refractivity contribution in [3.63, 3.8) is 0 Å². The third-order valence-corrected chi connectivity index (χ3v) is 5.05. The lowest BCUT2D eigenvalue weighted by Gasteiger charge is -2.20. The number of hydrogen-bond acceptors (Lipinski definition) is 4. The van der Waals surface area contributed by atoms with Gasteiger partial charge >= 0.3 is 0 Å². The standard InChI is InChI=1S/C15H15N3O2S/c1-11-3-8-14(9-15(11)17)21(19,20)18(2)13-6-4-12(10-16)5-7-13/h3-9H,17H2,1-2H3. The minimum absolute atomic E-state index is 0.137. The maximum Gasteiger partial charge on any atom is 0.264 e. The number of nitrogens with two attached hydrogens (primary N) is 1. The van der Waals surface area contributed by atoms with E-state index < -0.39 is 10.0 Å². The van der Waals surface area contributed by atoms with Crippen molar-refractivity contribution in [2.45, 2.75) is 11.8 Å². The first kappa shape index (κ1) is 14.9. The van der Waals surface area contributed by atoms with Crippen LogP contribution in [0.2, 0.25) is 0 Å². The molecule has 0 heterocycles. The summed E-state index contributed by atoms with van der Waals surface area (Å²) in [6.07, 6.45) is 0. The molecular formula is C15H15N3O2S. The van der Waals surface area contributed by atoms with Crippen LogP contribution in [0.1, 0.15) is 11.1 Å². The lowest BCUT2D eigenvalue weighted by atomic mass is 10.2. The molecule has 0 amide bonds. The zero-order valence-electron chi connectivity index (χ0n) is 11.7. The highest BCUT2D eigenvalue weighted by Crippen LogP contribution is 2.24. The van der Waals surface area contributed by atoms with Gasteiger partial charge in [0, 0.05) is 12.7 Å². The number of aryl methyl sites for hydroxylation is 1. The van der Waals surface area contributed by atoms with Gasteiger partial charge in [-0.05, 0) is 48.9 Å². The quantitative estimate of drug-likeness (QED) is 0.881. The molecule has 2 aromatic carbocycles. The van der Waals surface area contributed by atoms with E-state index in [2.05, 4.69) is 0 Å². The van der Waals surface area contributed by atoms with Crippen LogP contribution in [-0.4, -0.2) is 15.5 Å². The van der Waals surface area contributed by atoms with Crippen LogP contribution in [0.3, 0.4) is 0 Å². The molecule has 5 nitrogen and oxygen atoms in total. The molecule has 21 heavy (non-hydrogen) atoms. The highest BCUT2D eigenvalue weighted by molar-refractivity contribution is 7.92. The molecule has 2 rings (SSSR count). The molecule has 0 fully saturated rings. The van der Waals surface area contributed by atoms with E-state index in [1.165, 1.54) is 19.2 Å². The average molecular weight is 301 g/mol. The summed E-state index contributed by atoms with van der Waals surface area (Å²) in [5, 5.41) is 8.77. The molecule has 108 valence electrons. The maximum atomic E-state index is 12.6. The third kappa shape index (κ3) is 2.83. The number of nitrogen functional groups attached to an aromatic ring is 1. The van der Waals surface area contributed by atoms with Gasteiger partial charge in [0.2, 0.25) is 0 Å². The van der Waals surface area contributed by atoms with Crippen molar-refractivity contribution < 1.29 is 8.42 Å². The van der Waals surface area contributed by atoms with E-state index in [-0.39, 0.29) is 4.90 Å².